The molecule has 2 N–H and O–H groups in total. The molecular weight excluding hydrogens is 731 g/mol. The van der Waals surface area contributed by atoms with E-state index in [2.05, 4.69) is 107 Å². The predicted octanol–water partition coefficient (Wildman–Crippen LogP) is 16.6. The maximum Gasteiger partial charge on any atom is 0.262 e. The van der Waals surface area contributed by atoms with Gasteiger partial charge in [0, 0.05) is 30.2 Å². The lowest BCUT2D eigenvalue weighted by Crippen LogP contribution is -2.25. The molecule has 3 aromatic carbocycles. The second-order valence-electron chi connectivity index (χ2n) is 18.2. The fourth-order valence-electron chi connectivity index (χ4n) is 8.12. The van der Waals surface area contributed by atoms with Crippen LogP contribution < -0.4 is 14.9 Å². The Morgan fingerprint density at radius 1 is 0.517 bits per heavy atom. The van der Waals surface area contributed by atoms with Crippen molar-refractivity contribution in [3.8, 4) is 0 Å². The van der Waals surface area contributed by atoms with Crippen LogP contribution in [0.4, 0.5) is 22.7 Å². The molecule has 3 aromatic rings. The molecule has 6 heteroatoms. The molecule has 326 valence electrons. The summed E-state index contributed by atoms with van der Waals surface area (Å²) in [4.78, 5) is 3.05. The average molecular weight is 816 g/mol. The fourth-order valence-corrected chi connectivity index (χ4v) is 9.95. The highest BCUT2D eigenvalue weighted by atomic mass is 32.2. The van der Waals surface area contributed by atoms with Crippen molar-refractivity contribution in [3.63, 3.8) is 0 Å². The summed E-state index contributed by atoms with van der Waals surface area (Å²) < 4.78 is 31.3. The number of benzene rings is 3. The first kappa shape index (κ1) is 49.4. The van der Waals surface area contributed by atoms with Gasteiger partial charge in [0.25, 0.3) is 10.0 Å². The number of nitrogens with zero attached hydrogens (tertiary/aromatic N) is 1. The summed E-state index contributed by atoms with van der Waals surface area (Å²) in [6.07, 6.45) is 27.2. The molecule has 0 aliphatic carbocycles. The monoisotopic (exact) mass is 816 g/mol. The largest absolute Gasteiger partial charge is 0.372 e. The zero-order valence-corrected chi connectivity index (χ0v) is 39.5. The van der Waals surface area contributed by atoms with Gasteiger partial charge in [-0.2, -0.15) is 0 Å². The van der Waals surface area contributed by atoms with E-state index in [4.69, 9.17) is 0 Å². The van der Waals surface area contributed by atoms with Crippen LogP contribution in [-0.4, -0.2) is 21.5 Å². The highest BCUT2D eigenvalue weighted by Gasteiger charge is 2.27. The molecule has 0 fully saturated rings. The van der Waals surface area contributed by atoms with Gasteiger partial charge in [0.05, 0.1) is 10.6 Å². The quantitative estimate of drug-likeness (QED) is 0.0635. The number of sulfonamides is 1. The van der Waals surface area contributed by atoms with Gasteiger partial charge < -0.3 is 10.2 Å². The summed E-state index contributed by atoms with van der Waals surface area (Å²) in [5.41, 5.74) is 7.70. The SMILES string of the molecule is CCCCCCCCCCCCN(CCCCCCCCCCCC)c1ccc(Nc2ccc(NS(=O)(=O)c3c(C(C)C)cc(C(C)C)cc3C(C)C)c(C)c2)cc1. The van der Waals surface area contributed by atoms with E-state index >= 15 is 0 Å². The Morgan fingerprint density at radius 3 is 1.33 bits per heavy atom. The number of anilines is 4. The van der Waals surface area contributed by atoms with Crippen molar-refractivity contribution in [1.82, 2.24) is 0 Å². The number of rotatable bonds is 31. The van der Waals surface area contributed by atoms with Gasteiger partial charge >= 0.3 is 0 Å². The van der Waals surface area contributed by atoms with Crippen LogP contribution in [0.1, 0.15) is 224 Å². The van der Waals surface area contributed by atoms with Crippen molar-refractivity contribution >= 4 is 32.8 Å². The Hall–Kier alpha value is -2.99. The van der Waals surface area contributed by atoms with E-state index in [1.54, 1.807) is 0 Å². The molecule has 0 unspecified atom stereocenters. The summed E-state index contributed by atoms with van der Waals surface area (Å²) in [6.45, 7) is 21.4. The molecule has 0 spiro atoms. The smallest absolute Gasteiger partial charge is 0.262 e. The van der Waals surface area contributed by atoms with Crippen molar-refractivity contribution in [2.75, 3.05) is 28.0 Å². The minimum Gasteiger partial charge on any atom is -0.372 e. The van der Waals surface area contributed by atoms with Gasteiger partial charge in [-0.05, 0) is 102 Å². The van der Waals surface area contributed by atoms with Gasteiger partial charge in [0.2, 0.25) is 0 Å². The third-order valence-electron chi connectivity index (χ3n) is 11.9. The zero-order chi connectivity index (χ0) is 42.3. The normalized spacial score (nSPS) is 11.9. The summed E-state index contributed by atoms with van der Waals surface area (Å²) in [7, 11) is -3.82. The Bertz CT molecular complexity index is 1630. The third-order valence-corrected chi connectivity index (χ3v) is 13.4. The van der Waals surface area contributed by atoms with Gasteiger partial charge in [-0.15, -0.1) is 0 Å². The molecule has 0 heterocycles. The van der Waals surface area contributed by atoms with Gasteiger partial charge in [-0.3, -0.25) is 4.72 Å². The van der Waals surface area contributed by atoms with Crippen LogP contribution in [0.2, 0.25) is 0 Å². The highest BCUT2D eigenvalue weighted by Crippen LogP contribution is 2.37. The molecule has 3 rings (SSSR count). The van der Waals surface area contributed by atoms with E-state index < -0.39 is 10.0 Å². The Kier molecular flexibility index (Phi) is 23.0. The first-order chi connectivity index (χ1) is 27.9. The number of aryl methyl sites for hydroxylation is 1. The molecule has 0 bridgehead atoms. The summed E-state index contributed by atoms with van der Waals surface area (Å²) in [5.74, 6) is 0.475. The maximum atomic E-state index is 14.1. The van der Waals surface area contributed by atoms with E-state index in [1.165, 1.54) is 140 Å². The lowest BCUT2D eigenvalue weighted by Gasteiger charge is -2.25. The average Bonchev–Trinajstić information content (AvgIpc) is 3.19. The first-order valence-electron chi connectivity index (χ1n) is 23.8. The zero-order valence-electron chi connectivity index (χ0n) is 38.7. The lowest BCUT2D eigenvalue weighted by molar-refractivity contribution is 0.543. The molecule has 0 saturated heterocycles. The third kappa shape index (κ3) is 17.3. The molecular formula is C52H85N3O2S. The minimum atomic E-state index is -3.82. The molecule has 0 saturated carbocycles. The van der Waals surface area contributed by atoms with Crippen LogP contribution in [0.5, 0.6) is 0 Å². The van der Waals surface area contributed by atoms with E-state index in [0.717, 1.165) is 41.2 Å². The maximum absolute atomic E-state index is 14.1. The van der Waals surface area contributed by atoms with Gasteiger partial charge in [0.1, 0.15) is 0 Å². The Balaban J connectivity index is 1.64. The van der Waals surface area contributed by atoms with Crippen LogP contribution in [0.15, 0.2) is 59.5 Å². The molecule has 0 aliphatic heterocycles. The minimum absolute atomic E-state index is 0.0772. The first-order valence-corrected chi connectivity index (χ1v) is 25.3. The van der Waals surface area contributed by atoms with Crippen molar-refractivity contribution in [3.05, 3.63) is 76.9 Å². The highest BCUT2D eigenvalue weighted by molar-refractivity contribution is 7.92. The van der Waals surface area contributed by atoms with Gasteiger partial charge in [-0.1, -0.05) is 183 Å². The summed E-state index contributed by atoms with van der Waals surface area (Å²) in [6, 6.07) is 19.0. The van der Waals surface area contributed by atoms with Crippen molar-refractivity contribution in [2.24, 2.45) is 0 Å². The van der Waals surface area contributed by atoms with Crippen molar-refractivity contribution in [2.45, 2.75) is 213 Å². The molecule has 0 aliphatic rings. The van der Waals surface area contributed by atoms with Gasteiger partial charge in [-0.25, -0.2) is 8.42 Å². The van der Waals surface area contributed by atoms with E-state index in [0.29, 0.717) is 16.5 Å². The topological polar surface area (TPSA) is 61.4 Å². The number of nitrogens with one attached hydrogen (secondary N) is 2. The molecule has 5 nitrogen and oxygen atoms in total. The predicted molar refractivity (Wildman–Crippen MR) is 256 cm³/mol. The van der Waals surface area contributed by atoms with E-state index in [9.17, 15) is 8.42 Å². The van der Waals surface area contributed by atoms with Crippen LogP contribution in [-0.2, 0) is 10.0 Å². The standard InChI is InChI=1S/C52H85N3O2S/c1-10-12-14-16-18-20-22-24-26-28-36-55(37-29-27-25-23-21-19-17-15-13-11-2)48-33-30-46(31-34-48)53-47-32-35-51(44(9)38-47)54-58(56,57)52-49(42(5)6)39-45(41(3)4)40-50(52)43(7)8/h30-35,38-43,53-54H,10-29,36-37H2,1-9H3. The van der Waals surface area contributed by atoms with Crippen molar-refractivity contribution in [1.29, 1.82) is 0 Å². The van der Waals surface area contributed by atoms with E-state index in [-0.39, 0.29) is 11.8 Å². The van der Waals surface area contributed by atoms with Crippen LogP contribution in [0, 0.1) is 6.92 Å². The van der Waals surface area contributed by atoms with Crippen LogP contribution in [0.3, 0.4) is 0 Å². The fraction of sp³-hybridized carbons (Fsp3) is 0.654. The summed E-state index contributed by atoms with van der Waals surface area (Å²) >= 11 is 0. The Morgan fingerprint density at radius 2 is 0.931 bits per heavy atom. The second-order valence-corrected chi connectivity index (χ2v) is 19.8. The number of hydrogen-bond donors (Lipinski definition) is 2. The lowest BCUT2D eigenvalue weighted by atomic mass is 9.89. The molecule has 0 aromatic heterocycles. The second kappa shape index (κ2) is 27.0. The van der Waals surface area contributed by atoms with Crippen LogP contribution >= 0.6 is 0 Å². The Labute approximate surface area is 358 Å². The molecule has 58 heavy (non-hydrogen) atoms. The molecule has 0 amide bonds. The number of hydrogen-bond acceptors (Lipinski definition) is 4. The number of unbranched alkanes of at least 4 members (excludes halogenated alkanes) is 18. The van der Waals surface area contributed by atoms with Crippen LogP contribution in [0.25, 0.3) is 0 Å². The molecule has 0 atom stereocenters. The van der Waals surface area contributed by atoms with Gasteiger partial charge in [0.15, 0.2) is 0 Å². The molecule has 0 radical (unpaired) electrons. The summed E-state index contributed by atoms with van der Waals surface area (Å²) in [5, 5.41) is 3.58. The van der Waals surface area contributed by atoms with E-state index in [1.807, 2.05) is 25.1 Å². The van der Waals surface area contributed by atoms with Crippen molar-refractivity contribution < 1.29 is 8.42 Å².